The molecule has 0 aliphatic carbocycles. The highest BCUT2D eigenvalue weighted by molar-refractivity contribution is 7.86. The van der Waals surface area contributed by atoms with Gasteiger partial charge in [0.2, 0.25) is 0 Å². The minimum Gasteiger partial charge on any atom is -0.367 e. The Labute approximate surface area is 99.4 Å². The van der Waals surface area contributed by atoms with Gasteiger partial charge in [-0.15, -0.1) is 0 Å². The summed E-state index contributed by atoms with van der Waals surface area (Å²) in [6.45, 7) is 1.22. The maximum atomic E-state index is 10.1. The van der Waals surface area contributed by atoms with E-state index in [1.807, 2.05) is 30.5 Å². The van der Waals surface area contributed by atoms with Crippen LogP contribution in [-0.2, 0) is 14.3 Å². The minimum atomic E-state index is -3.47. The number of rotatable bonds is 2. The molecule has 1 aromatic carbocycles. The first kappa shape index (κ1) is 13.6. The predicted molar refractivity (Wildman–Crippen MR) is 63.7 cm³/mol. The number of hydrogen-bond donors (Lipinski definition) is 2. The van der Waals surface area contributed by atoms with Crippen LogP contribution in [0.1, 0.15) is 6.92 Å². The van der Waals surface area contributed by atoms with Crippen LogP contribution < -0.4 is 0 Å². The molecule has 1 heterocycles. The molecule has 2 rings (SSSR count). The van der Waals surface area contributed by atoms with Crippen molar-refractivity contribution in [1.29, 1.82) is 0 Å². The fourth-order valence-corrected chi connectivity index (χ4v) is 1.64. The first-order valence-corrected chi connectivity index (χ1v) is 6.64. The normalized spacial score (nSPS) is 12.9. The van der Waals surface area contributed by atoms with Gasteiger partial charge in [-0.25, -0.2) is 4.18 Å². The van der Waals surface area contributed by atoms with Gasteiger partial charge >= 0.3 is 0 Å². The first-order chi connectivity index (χ1) is 7.88. The third-order valence-electron chi connectivity index (χ3n) is 1.66. The number of aromatic amines is 1. The van der Waals surface area contributed by atoms with E-state index in [4.69, 9.17) is 5.11 Å². The third-order valence-corrected chi connectivity index (χ3v) is 2.29. The van der Waals surface area contributed by atoms with E-state index in [0.717, 1.165) is 17.2 Å². The number of benzene rings is 1. The SMILES string of the molecule is CC(O)OS(C)(=O)=O.c1ccc2[nH]ncc2c1. The Balaban J connectivity index is 0.000000172. The summed E-state index contributed by atoms with van der Waals surface area (Å²) in [6, 6.07) is 8.01. The molecule has 1 atom stereocenters. The second kappa shape index (κ2) is 5.76. The molecule has 0 bridgehead atoms. The topological polar surface area (TPSA) is 92.3 Å². The molecule has 17 heavy (non-hydrogen) atoms. The van der Waals surface area contributed by atoms with Crippen LogP contribution in [0.2, 0.25) is 0 Å². The monoisotopic (exact) mass is 258 g/mol. The van der Waals surface area contributed by atoms with Crippen LogP contribution in [0.3, 0.4) is 0 Å². The van der Waals surface area contributed by atoms with E-state index in [0.29, 0.717) is 0 Å². The number of H-pyrrole nitrogens is 1. The number of aliphatic hydroxyl groups excluding tert-OH is 1. The second-order valence-corrected chi connectivity index (χ2v) is 4.96. The number of para-hydroxylation sites is 1. The highest BCUT2D eigenvalue weighted by Gasteiger charge is 2.04. The van der Waals surface area contributed by atoms with Crippen molar-refractivity contribution < 1.29 is 17.7 Å². The van der Waals surface area contributed by atoms with Gasteiger partial charge in [-0.2, -0.15) is 13.5 Å². The molecule has 0 amide bonds. The number of hydrogen-bond acceptors (Lipinski definition) is 5. The van der Waals surface area contributed by atoms with Crippen molar-refractivity contribution in [2.24, 2.45) is 0 Å². The van der Waals surface area contributed by atoms with Gasteiger partial charge < -0.3 is 5.11 Å². The Morgan fingerprint density at radius 3 is 2.53 bits per heavy atom. The van der Waals surface area contributed by atoms with Crippen molar-refractivity contribution >= 4 is 21.0 Å². The minimum absolute atomic E-state index is 0.875. The zero-order valence-electron chi connectivity index (χ0n) is 9.49. The molecular weight excluding hydrogens is 244 g/mol. The highest BCUT2D eigenvalue weighted by atomic mass is 32.2. The van der Waals surface area contributed by atoms with Gasteiger partial charge in [0, 0.05) is 5.39 Å². The van der Waals surface area contributed by atoms with E-state index in [-0.39, 0.29) is 0 Å². The molecule has 2 N–H and O–H groups in total. The molecule has 0 saturated heterocycles. The lowest BCUT2D eigenvalue weighted by Crippen LogP contribution is -2.12. The van der Waals surface area contributed by atoms with Crippen LogP contribution in [0.25, 0.3) is 10.9 Å². The Morgan fingerprint density at radius 1 is 1.41 bits per heavy atom. The number of aliphatic hydroxyl groups is 1. The van der Waals surface area contributed by atoms with Crippen LogP contribution in [0.15, 0.2) is 30.5 Å². The van der Waals surface area contributed by atoms with Gasteiger partial charge in [-0.05, 0) is 13.0 Å². The van der Waals surface area contributed by atoms with E-state index in [1.54, 1.807) is 0 Å². The highest BCUT2D eigenvalue weighted by Crippen LogP contribution is 2.06. The molecule has 0 spiro atoms. The van der Waals surface area contributed by atoms with Crippen molar-refractivity contribution in [1.82, 2.24) is 10.2 Å². The molecular formula is C10H14N2O4S. The second-order valence-electron chi connectivity index (χ2n) is 3.36. The van der Waals surface area contributed by atoms with Gasteiger partial charge in [0.05, 0.1) is 18.0 Å². The van der Waals surface area contributed by atoms with Crippen molar-refractivity contribution in [3.05, 3.63) is 30.5 Å². The fourth-order valence-electron chi connectivity index (χ4n) is 1.14. The Kier molecular flexibility index (Phi) is 4.62. The number of nitrogens with zero attached hydrogens (tertiary/aromatic N) is 1. The summed E-state index contributed by atoms with van der Waals surface area (Å²) < 4.78 is 24.1. The van der Waals surface area contributed by atoms with Crippen molar-refractivity contribution in [3.8, 4) is 0 Å². The van der Waals surface area contributed by atoms with Crippen LogP contribution in [0.4, 0.5) is 0 Å². The summed E-state index contributed by atoms with van der Waals surface area (Å²) in [4.78, 5) is 0. The molecule has 1 unspecified atom stereocenters. The number of fused-ring (bicyclic) bond motifs is 1. The van der Waals surface area contributed by atoms with Crippen LogP contribution in [0.5, 0.6) is 0 Å². The molecule has 0 aliphatic heterocycles. The van der Waals surface area contributed by atoms with Crippen LogP contribution >= 0.6 is 0 Å². The Morgan fingerprint density at radius 2 is 2.06 bits per heavy atom. The van der Waals surface area contributed by atoms with Crippen LogP contribution in [-0.4, -0.2) is 36.3 Å². The third kappa shape index (κ3) is 5.43. The van der Waals surface area contributed by atoms with Gasteiger partial charge in [-0.1, -0.05) is 18.2 Å². The molecule has 2 aromatic rings. The van der Waals surface area contributed by atoms with Gasteiger partial charge in [-0.3, -0.25) is 5.10 Å². The predicted octanol–water partition coefficient (Wildman–Crippen LogP) is 0.864. The molecule has 1 aromatic heterocycles. The van der Waals surface area contributed by atoms with Gasteiger partial charge in [0.25, 0.3) is 10.1 Å². The summed E-state index contributed by atoms with van der Waals surface area (Å²) in [6.07, 6.45) is 1.44. The standard InChI is InChI=1S/C7H6N2.C3H8O4S/c1-2-4-7-6(3-1)5-8-9-7;1-3(4)7-8(2,5)6/h1-5H,(H,8,9);3-4H,1-2H3. The molecule has 7 heteroatoms. The average Bonchev–Trinajstić information content (AvgIpc) is 2.61. The number of aromatic nitrogens is 2. The van der Waals surface area contributed by atoms with Crippen LogP contribution in [0, 0.1) is 0 Å². The van der Waals surface area contributed by atoms with Crippen molar-refractivity contribution in [2.75, 3.05) is 6.26 Å². The quantitative estimate of drug-likeness (QED) is 0.615. The lowest BCUT2D eigenvalue weighted by Gasteiger charge is -2.00. The summed E-state index contributed by atoms with van der Waals surface area (Å²) in [5.74, 6) is 0. The van der Waals surface area contributed by atoms with Crippen molar-refractivity contribution in [3.63, 3.8) is 0 Å². The molecule has 0 radical (unpaired) electrons. The molecule has 0 saturated carbocycles. The zero-order valence-corrected chi connectivity index (χ0v) is 10.3. The molecule has 94 valence electrons. The van der Waals surface area contributed by atoms with E-state index < -0.39 is 16.4 Å². The van der Waals surface area contributed by atoms with Gasteiger partial charge in [0.1, 0.15) is 0 Å². The fraction of sp³-hybridized carbons (Fsp3) is 0.300. The maximum Gasteiger partial charge on any atom is 0.266 e. The van der Waals surface area contributed by atoms with Gasteiger partial charge in [0.15, 0.2) is 6.29 Å². The van der Waals surface area contributed by atoms with Crippen molar-refractivity contribution in [2.45, 2.75) is 13.2 Å². The summed E-state index contributed by atoms with van der Waals surface area (Å²) in [7, 11) is -3.47. The zero-order chi connectivity index (χ0) is 12.9. The Hall–Kier alpha value is -1.44. The lowest BCUT2D eigenvalue weighted by atomic mass is 10.3. The molecule has 6 nitrogen and oxygen atoms in total. The average molecular weight is 258 g/mol. The first-order valence-electron chi connectivity index (χ1n) is 4.83. The summed E-state index contributed by atoms with van der Waals surface area (Å²) in [5, 5.41) is 16.2. The van der Waals surface area contributed by atoms with E-state index >= 15 is 0 Å². The smallest absolute Gasteiger partial charge is 0.266 e. The van der Waals surface area contributed by atoms with E-state index in [2.05, 4.69) is 14.4 Å². The largest absolute Gasteiger partial charge is 0.367 e. The maximum absolute atomic E-state index is 10.1. The Bertz CT molecular complexity index is 532. The summed E-state index contributed by atoms with van der Waals surface area (Å²) >= 11 is 0. The molecule has 0 fully saturated rings. The number of nitrogens with one attached hydrogen (secondary N) is 1. The van der Waals surface area contributed by atoms with E-state index in [9.17, 15) is 8.42 Å². The molecule has 0 aliphatic rings. The van der Waals surface area contributed by atoms with E-state index in [1.165, 1.54) is 6.92 Å². The summed E-state index contributed by atoms with van der Waals surface area (Å²) in [5.41, 5.74) is 1.09. The lowest BCUT2D eigenvalue weighted by molar-refractivity contribution is 0.00621.